The number of furan rings is 1. The van der Waals surface area contributed by atoms with Crippen LogP contribution in [0, 0.1) is 0 Å². The van der Waals surface area contributed by atoms with Crippen molar-refractivity contribution >= 4 is 11.9 Å². The molecule has 0 bridgehead atoms. The molecule has 0 aromatic carbocycles. The molecule has 2 N–H and O–H groups in total. The first-order valence-electron chi connectivity index (χ1n) is 5.12. The third kappa shape index (κ3) is 2.40. The minimum Gasteiger partial charge on any atom is -0.480 e. The average molecular weight is 250 g/mol. The molecule has 0 spiro atoms. The van der Waals surface area contributed by atoms with Gasteiger partial charge in [-0.3, -0.25) is 9.59 Å². The maximum Gasteiger partial charge on any atom is 0.325 e. The number of carbonyl (C=O) groups excluding carboxylic acids is 1. The minimum atomic E-state index is -1.13. The molecular formula is C11H10N2O5. The molecule has 7 nitrogen and oxygen atoms in total. The van der Waals surface area contributed by atoms with Crippen molar-refractivity contribution in [2.75, 3.05) is 0 Å². The van der Waals surface area contributed by atoms with E-state index in [4.69, 9.17) is 14.0 Å². The number of amides is 1. The maximum atomic E-state index is 11.6. The van der Waals surface area contributed by atoms with E-state index < -0.39 is 17.9 Å². The molecule has 0 saturated heterocycles. The molecule has 0 radical (unpaired) electrons. The highest BCUT2D eigenvalue weighted by molar-refractivity contribution is 5.95. The predicted octanol–water partition coefficient (Wildman–Crippen LogP) is 1.14. The third-order valence-electron chi connectivity index (χ3n) is 2.22. The summed E-state index contributed by atoms with van der Waals surface area (Å²) in [4.78, 5) is 22.2. The first-order valence-corrected chi connectivity index (χ1v) is 5.12. The van der Waals surface area contributed by atoms with Crippen LogP contribution in [-0.2, 0) is 4.79 Å². The van der Waals surface area contributed by atoms with Crippen molar-refractivity contribution in [1.82, 2.24) is 10.5 Å². The van der Waals surface area contributed by atoms with Gasteiger partial charge in [-0.25, -0.2) is 0 Å². The molecule has 0 aliphatic heterocycles. The molecule has 2 rings (SSSR count). The first kappa shape index (κ1) is 11.9. The number of carbonyl (C=O) groups is 2. The van der Waals surface area contributed by atoms with Gasteiger partial charge in [0.15, 0.2) is 11.5 Å². The molecule has 7 heteroatoms. The highest BCUT2D eigenvalue weighted by Crippen LogP contribution is 2.20. The second-order valence-electron chi connectivity index (χ2n) is 3.59. The van der Waals surface area contributed by atoms with E-state index in [1.54, 1.807) is 12.1 Å². The Kier molecular flexibility index (Phi) is 3.13. The zero-order valence-corrected chi connectivity index (χ0v) is 9.41. The fraction of sp³-hybridized carbons (Fsp3) is 0.182. The SMILES string of the molecule is C[C@H](NC(=O)c1cc(-c2ccco2)on1)C(=O)O. The second kappa shape index (κ2) is 4.74. The van der Waals surface area contributed by atoms with Crippen LogP contribution in [0.25, 0.3) is 11.5 Å². The fourth-order valence-electron chi connectivity index (χ4n) is 1.25. The number of aliphatic carboxylic acids is 1. The summed E-state index contributed by atoms with van der Waals surface area (Å²) in [6.45, 7) is 1.35. The number of carboxylic acids is 1. The van der Waals surface area contributed by atoms with E-state index in [0.29, 0.717) is 11.5 Å². The molecule has 18 heavy (non-hydrogen) atoms. The van der Waals surface area contributed by atoms with E-state index in [9.17, 15) is 9.59 Å². The molecule has 1 atom stereocenters. The van der Waals surface area contributed by atoms with Crippen LogP contribution in [0.3, 0.4) is 0 Å². The van der Waals surface area contributed by atoms with Crippen molar-refractivity contribution in [3.63, 3.8) is 0 Å². The summed E-state index contributed by atoms with van der Waals surface area (Å²) in [5.41, 5.74) is -0.00509. The Labute approximate surface area is 101 Å². The largest absolute Gasteiger partial charge is 0.480 e. The molecule has 0 aliphatic rings. The van der Waals surface area contributed by atoms with Crippen molar-refractivity contribution in [2.45, 2.75) is 13.0 Å². The van der Waals surface area contributed by atoms with Crippen molar-refractivity contribution in [1.29, 1.82) is 0 Å². The van der Waals surface area contributed by atoms with Gasteiger partial charge in [0.2, 0.25) is 5.76 Å². The molecular weight excluding hydrogens is 240 g/mol. The molecule has 2 aromatic heterocycles. The van der Waals surface area contributed by atoms with Crippen LogP contribution < -0.4 is 5.32 Å². The smallest absolute Gasteiger partial charge is 0.325 e. The molecule has 0 aliphatic carbocycles. The quantitative estimate of drug-likeness (QED) is 0.842. The highest BCUT2D eigenvalue weighted by atomic mass is 16.5. The Bertz CT molecular complexity index is 558. The highest BCUT2D eigenvalue weighted by Gasteiger charge is 2.19. The number of rotatable bonds is 4. The van der Waals surface area contributed by atoms with Crippen molar-refractivity contribution in [3.05, 3.63) is 30.2 Å². The van der Waals surface area contributed by atoms with E-state index in [2.05, 4.69) is 10.5 Å². The van der Waals surface area contributed by atoms with Crippen LogP contribution in [0.2, 0.25) is 0 Å². The average Bonchev–Trinajstić information content (AvgIpc) is 2.99. The Balaban J connectivity index is 2.11. The molecule has 0 saturated carbocycles. The normalized spacial score (nSPS) is 12.1. The van der Waals surface area contributed by atoms with E-state index in [1.807, 2.05) is 0 Å². The number of hydrogen-bond donors (Lipinski definition) is 2. The van der Waals surface area contributed by atoms with Crippen molar-refractivity contribution in [2.24, 2.45) is 0 Å². The maximum absolute atomic E-state index is 11.6. The van der Waals surface area contributed by atoms with Crippen LogP contribution in [0.15, 0.2) is 33.4 Å². The minimum absolute atomic E-state index is 0.00509. The van der Waals surface area contributed by atoms with Gasteiger partial charge in [0.25, 0.3) is 5.91 Å². The monoisotopic (exact) mass is 250 g/mol. The zero-order valence-electron chi connectivity index (χ0n) is 9.41. The number of hydrogen-bond acceptors (Lipinski definition) is 5. The summed E-state index contributed by atoms with van der Waals surface area (Å²) in [6, 6.07) is 3.70. The molecule has 1 amide bonds. The molecule has 94 valence electrons. The van der Waals surface area contributed by atoms with Gasteiger partial charge in [0.05, 0.1) is 6.26 Å². The summed E-state index contributed by atoms with van der Waals surface area (Å²) in [5.74, 6) is -1.01. The summed E-state index contributed by atoms with van der Waals surface area (Å²) < 4.78 is 9.99. The lowest BCUT2D eigenvalue weighted by atomic mass is 10.3. The predicted molar refractivity (Wildman–Crippen MR) is 58.8 cm³/mol. The van der Waals surface area contributed by atoms with E-state index in [0.717, 1.165) is 0 Å². The number of nitrogens with zero attached hydrogens (tertiary/aromatic N) is 1. The standard InChI is InChI=1S/C11H10N2O5/c1-6(11(15)16)12-10(14)7-5-9(18-13-7)8-3-2-4-17-8/h2-6H,1H3,(H,12,14)(H,15,16)/t6-/m0/s1. The number of nitrogens with one attached hydrogen (secondary N) is 1. The van der Waals surface area contributed by atoms with Gasteiger partial charge in [-0.05, 0) is 19.1 Å². The number of carboxylic acid groups (broad SMARTS) is 1. The van der Waals surface area contributed by atoms with Crippen LogP contribution in [-0.4, -0.2) is 28.2 Å². The Hall–Kier alpha value is -2.57. The first-order chi connectivity index (χ1) is 8.58. The summed E-state index contributed by atoms with van der Waals surface area (Å²) >= 11 is 0. The van der Waals surface area contributed by atoms with E-state index in [-0.39, 0.29) is 5.69 Å². The van der Waals surface area contributed by atoms with Gasteiger partial charge in [-0.1, -0.05) is 5.16 Å². The Morgan fingerprint density at radius 2 is 2.22 bits per heavy atom. The lowest BCUT2D eigenvalue weighted by molar-refractivity contribution is -0.138. The molecule has 0 unspecified atom stereocenters. The van der Waals surface area contributed by atoms with E-state index >= 15 is 0 Å². The van der Waals surface area contributed by atoms with Crippen LogP contribution in [0.4, 0.5) is 0 Å². The summed E-state index contributed by atoms with van der Waals surface area (Å²) in [6.07, 6.45) is 1.46. The van der Waals surface area contributed by atoms with Gasteiger partial charge in [0, 0.05) is 6.07 Å². The van der Waals surface area contributed by atoms with Crippen LogP contribution in [0.5, 0.6) is 0 Å². The van der Waals surface area contributed by atoms with Gasteiger partial charge in [0.1, 0.15) is 6.04 Å². The topological polar surface area (TPSA) is 106 Å². The van der Waals surface area contributed by atoms with Crippen molar-refractivity contribution in [3.8, 4) is 11.5 Å². The summed E-state index contributed by atoms with van der Waals surface area (Å²) in [7, 11) is 0. The van der Waals surface area contributed by atoms with Crippen LogP contribution in [0.1, 0.15) is 17.4 Å². The van der Waals surface area contributed by atoms with Gasteiger partial charge in [-0.2, -0.15) is 0 Å². The fourth-order valence-corrected chi connectivity index (χ4v) is 1.25. The Morgan fingerprint density at radius 3 is 2.83 bits per heavy atom. The van der Waals surface area contributed by atoms with Crippen LogP contribution >= 0.6 is 0 Å². The Morgan fingerprint density at radius 1 is 1.44 bits per heavy atom. The molecule has 2 heterocycles. The molecule has 0 fully saturated rings. The summed E-state index contributed by atoms with van der Waals surface area (Å²) in [5, 5.41) is 14.5. The lowest BCUT2D eigenvalue weighted by Crippen LogP contribution is -2.38. The number of aromatic nitrogens is 1. The zero-order chi connectivity index (χ0) is 13.1. The van der Waals surface area contributed by atoms with Gasteiger partial charge >= 0.3 is 5.97 Å². The third-order valence-corrected chi connectivity index (χ3v) is 2.22. The van der Waals surface area contributed by atoms with Gasteiger partial charge < -0.3 is 19.4 Å². The van der Waals surface area contributed by atoms with E-state index in [1.165, 1.54) is 19.3 Å². The lowest BCUT2D eigenvalue weighted by Gasteiger charge is -2.06. The van der Waals surface area contributed by atoms with Crippen molar-refractivity contribution < 1.29 is 23.6 Å². The second-order valence-corrected chi connectivity index (χ2v) is 3.59. The van der Waals surface area contributed by atoms with Gasteiger partial charge in [-0.15, -0.1) is 0 Å². The molecule has 2 aromatic rings.